The highest BCUT2D eigenvalue weighted by Gasteiger charge is 2.49. The maximum Gasteiger partial charge on any atom is 0.0467 e. The van der Waals surface area contributed by atoms with Crippen LogP contribution in [0.5, 0.6) is 0 Å². The van der Waals surface area contributed by atoms with Gasteiger partial charge in [0.25, 0.3) is 0 Å². The second-order valence-electron chi connectivity index (χ2n) is 3.34. The van der Waals surface area contributed by atoms with Gasteiger partial charge in [-0.1, -0.05) is 22.9 Å². The van der Waals surface area contributed by atoms with E-state index < -0.39 is 0 Å². The van der Waals surface area contributed by atoms with Crippen molar-refractivity contribution in [1.82, 2.24) is 0 Å². The molecule has 0 aliphatic heterocycles. The minimum Gasteiger partial charge on any atom is -0.385 e. The van der Waals surface area contributed by atoms with E-state index in [2.05, 4.69) is 22.9 Å². The van der Waals surface area contributed by atoms with E-state index in [1.807, 2.05) is 0 Å². The number of hydrogen-bond acceptors (Lipinski definition) is 1. The Labute approximate surface area is 71.3 Å². The number of alkyl halides is 1. The first-order chi connectivity index (χ1) is 4.75. The minimum absolute atomic E-state index is 0.593. The molecule has 2 heteroatoms. The first-order valence-corrected chi connectivity index (χ1v) is 4.92. The van der Waals surface area contributed by atoms with Crippen LogP contribution in [0.4, 0.5) is 0 Å². The molecule has 0 radical (unpaired) electrons. The van der Waals surface area contributed by atoms with Crippen LogP contribution in [-0.2, 0) is 4.74 Å². The Morgan fingerprint density at radius 1 is 1.70 bits per heavy atom. The van der Waals surface area contributed by atoms with E-state index in [1.165, 1.54) is 12.8 Å². The lowest BCUT2D eigenvalue weighted by molar-refractivity contribution is 0.174. The van der Waals surface area contributed by atoms with Crippen molar-refractivity contribution in [3.63, 3.8) is 0 Å². The normalized spacial score (nSPS) is 38.1. The molecule has 0 saturated heterocycles. The maximum atomic E-state index is 5.05. The van der Waals surface area contributed by atoms with Crippen LogP contribution in [0.2, 0.25) is 0 Å². The summed E-state index contributed by atoms with van der Waals surface area (Å²) < 4.78 is 5.05. The third-order valence-electron chi connectivity index (χ3n) is 2.67. The van der Waals surface area contributed by atoms with Gasteiger partial charge in [-0.15, -0.1) is 0 Å². The highest BCUT2D eigenvalue weighted by Crippen LogP contribution is 2.55. The molecular weight excluding hydrogens is 192 g/mol. The molecule has 10 heavy (non-hydrogen) atoms. The van der Waals surface area contributed by atoms with Gasteiger partial charge in [0.1, 0.15) is 0 Å². The summed E-state index contributed by atoms with van der Waals surface area (Å²) in [7, 11) is 1.77. The van der Waals surface area contributed by atoms with Gasteiger partial charge in [0.15, 0.2) is 0 Å². The van der Waals surface area contributed by atoms with Gasteiger partial charge in [-0.05, 0) is 24.2 Å². The van der Waals surface area contributed by atoms with Crippen molar-refractivity contribution in [3.05, 3.63) is 0 Å². The topological polar surface area (TPSA) is 9.23 Å². The molecule has 0 N–H and O–H groups in total. The van der Waals surface area contributed by atoms with Crippen molar-refractivity contribution in [2.75, 3.05) is 19.0 Å². The fraction of sp³-hybridized carbons (Fsp3) is 1.00. The van der Waals surface area contributed by atoms with Crippen molar-refractivity contribution < 1.29 is 4.74 Å². The van der Waals surface area contributed by atoms with Gasteiger partial charge in [0.05, 0.1) is 0 Å². The van der Waals surface area contributed by atoms with Crippen LogP contribution in [0, 0.1) is 11.3 Å². The Bertz CT molecular complexity index is 112. The van der Waals surface area contributed by atoms with Gasteiger partial charge in [-0.2, -0.15) is 0 Å². The molecule has 0 aromatic heterocycles. The molecule has 1 aliphatic rings. The van der Waals surface area contributed by atoms with E-state index in [9.17, 15) is 0 Å². The van der Waals surface area contributed by atoms with Crippen LogP contribution < -0.4 is 0 Å². The lowest BCUT2D eigenvalue weighted by atomic mass is 10.0. The second kappa shape index (κ2) is 3.22. The zero-order valence-electron chi connectivity index (χ0n) is 6.69. The van der Waals surface area contributed by atoms with Crippen LogP contribution in [0.15, 0.2) is 0 Å². The Kier molecular flexibility index (Phi) is 2.75. The summed E-state index contributed by atoms with van der Waals surface area (Å²) >= 11 is 3.55. The van der Waals surface area contributed by atoms with Gasteiger partial charge >= 0.3 is 0 Å². The van der Waals surface area contributed by atoms with E-state index >= 15 is 0 Å². The molecule has 0 heterocycles. The molecule has 60 valence electrons. The van der Waals surface area contributed by atoms with Crippen LogP contribution in [0.3, 0.4) is 0 Å². The molecule has 0 bridgehead atoms. The molecule has 1 nitrogen and oxygen atoms in total. The molecule has 2 unspecified atom stereocenters. The van der Waals surface area contributed by atoms with Crippen LogP contribution >= 0.6 is 15.9 Å². The SMILES string of the molecule is COCCC1(CBr)CC1C. The van der Waals surface area contributed by atoms with E-state index in [1.54, 1.807) is 7.11 Å². The van der Waals surface area contributed by atoms with E-state index in [0.717, 1.165) is 17.9 Å². The first-order valence-electron chi connectivity index (χ1n) is 3.80. The summed E-state index contributed by atoms with van der Waals surface area (Å²) in [6, 6.07) is 0. The standard InChI is InChI=1S/C8H15BrO/c1-7-5-8(7,6-9)3-4-10-2/h7H,3-6H2,1-2H3. The van der Waals surface area contributed by atoms with Crippen molar-refractivity contribution in [2.45, 2.75) is 19.8 Å². The molecule has 1 fully saturated rings. The average Bonchev–Trinajstić information content (AvgIpc) is 2.59. The highest BCUT2D eigenvalue weighted by atomic mass is 79.9. The molecule has 0 spiro atoms. The Balaban J connectivity index is 2.23. The average molecular weight is 207 g/mol. The van der Waals surface area contributed by atoms with Gasteiger partial charge < -0.3 is 4.74 Å². The largest absolute Gasteiger partial charge is 0.385 e. The molecule has 0 amide bonds. The Morgan fingerprint density at radius 2 is 2.30 bits per heavy atom. The number of methoxy groups -OCH3 is 1. The fourth-order valence-corrected chi connectivity index (χ4v) is 2.52. The van der Waals surface area contributed by atoms with Crippen LogP contribution in [-0.4, -0.2) is 19.0 Å². The molecule has 1 rings (SSSR count). The number of halogens is 1. The predicted octanol–water partition coefficient (Wildman–Crippen LogP) is 2.44. The van der Waals surface area contributed by atoms with E-state index in [-0.39, 0.29) is 0 Å². The number of rotatable bonds is 4. The van der Waals surface area contributed by atoms with E-state index in [0.29, 0.717) is 5.41 Å². The molecule has 2 atom stereocenters. The van der Waals surface area contributed by atoms with Crippen molar-refractivity contribution in [2.24, 2.45) is 11.3 Å². The predicted molar refractivity (Wildman–Crippen MR) is 46.5 cm³/mol. The smallest absolute Gasteiger partial charge is 0.0467 e. The van der Waals surface area contributed by atoms with Gasteiger partial charge in [-0.25, -0.2) is 0 Å². The molecule has 0 aromatic rings. The highest BCUT2D eigenvalue weighted by molar-refractivity contribution is 9.09. The molecule has 1 aliphatic carbocycles. The van der Waals surface area contributed by atoms with Gasteiger partial charge in [0.2, 0.25) is 0 Å². The Hall–Kier alpha value is 0.440. The quantitative estimate of drug-likeness (QED) is 0.643. The number of hydrogen-bond donors (Lipinski definition) is 0. The van der Waals surface area contributed by atoms with Crippen molar-refractivity contribution in [1.29, 1.82) is 0 Å². The summed E-state index contributed by atoms with van der Waals surface area (Å²) in [5.74, 6) is 0.905. The first kappa shape index (κ1) is 8.54. The fourth-order valence-electron chi connectivity index (χ4n) is 1.46. The lowest BCUT2D eigenvalue weighted by Gasteiger charge is -2.10. The monoisotopic (exact) mass is 206 g/mol. The van der Waals surface area contributed by atoms with Gasteiger partial charge in [0, 0.05) is 19.0 Å². The third kappa shape index (κ3) is 1.54. The van der Waals surface area contributed by atoms with Crippen molar-refractivity contribution in [3.8, 4) is 0 Å². The zero-order chi connectivity index (χ0) is 7.61. The lowest BCUT2D eigenvalue weighted by Crippen LogP contribution is -2.08. The summed E-state index contributed by atoms with van der Waals surface area (Å²) in [5.41, 5.74) is 0.593. The molecule has 1 saturated carbocycles. The number of ether oxygens (including phenoxy) is 1. The zero-order valence-corrected chi connectivity index (χ0v) is 8.28. The van der Waals surface area contributed by atoms with Crippen LogP contribution in [0.25, 0.3) is 0 Å². The maximum absolute atomic E-state index is 5.05. The third-order valence-corrected chi connectivity index (χ3v) is 3.78. The Morgan fingerprint density at radius 3 is 2.60 bits per heavy atom. The van der Waals surface area contributed by atoms with Gasteiger partial charge in [-0.3, -0.25) is 0 Å². The summed E-state index contributed by atoms with van der Waals surface area (Å²) in [5, 5.41) is 1.14. The van der Waals surface area contributed by atoms with Crippen LogP contribution in [0.1, 0.15) is 19.8 Å². The van der Waals surface area contributed by atoms with Crippen molar-refractivity contribution >= 4 is 15.9 Å². The second-order valence-corrected chi connectivity index (χ2v) is 3.90. The van der Waals surface area contributed by atoms with E-state index in [4.69, 9.17) is 4.74 Å². The summed E-state index contributed by atoms with van der Waals surface area (Å²) in [4.78, 5) is 0. The molecular formula is C8H15BrO. The minimum atomic E-state index is 0.593. The summed E-state index contributed by atoms with van der Waals surface area (Å²) in [6.45, 7) is 3.23. The summed E-state index contributed by atoms with van der Waals surface area (Å²) in [6.07, 6.45) is 2.59. The molecule has 0 aromatic carbocycles.